The highest BCUT2D eigenvalue weighted by molar-refractivity contribution is 9.10. The Hall–Kier alpha value is -4.34. The van der Waals surface area contributed by atoms with Gasteiger partial charge in [0.1, 0.15) is 0 Å². The third-order valence-electron chi connectivity index (χ3n) is 7.83. The second-order valence-corrected chi connectivity index (χ2v) is 11.8. The quantitative estimate of drug-likeness (QED) is 0.192. The minimum Gasteiger partial charge on any atom is -0.389 e. The fraction of sp³-hybridized carbons (Fsp3) is 0.128. The van der Waals surface area contributed by atoms with Crippen molar-refractivity contribution >= 4 is 33.0 Å². The number of allylic oxidation sites excluding steroid dienone is 2. The predicted octanol–water partition coefficient (Wildman–Crippen LogP) is 11.2. The maximum absolute atomic E-state index is 3.66. The molecule has 0 unspecified atom stereocenters. The molecule has 0 bridgehead atoms. The highest BCUT2D eigenvalue weighted by Crippen LogP contribution is 2.50. The highest BCUT2D eigenvalue weighted by Gasteiger charge is 2.35. The summed E-state index contributed by atoms with van der Waals surface area (Å²) < 4.78 is 1.08. The average molecular weight is 614 g/mol. The Bertz CT molecular complexity index is 1700. The van der Waals surface area contributed by atoms with Gasteiger partial charge in [-0.2, -0.15) is 0 Å². The fourth-order valence-electron chi connectivity index (χ4n) is 5.59. The van der Waals surface area contributed by atoms with Crippen LogP contribution in [0.4, 0.5) is 17.1 Å². The van der Waals surface area contributed by atoms with Crippen molar-refractivity contribution in [3.63, 3.8) is 0 Å². The number of benzene rings is 5. The lowest BCUT2D eigenvalue weighted by Gasteiger charge is -2.28. The van der Waals surface area contributed by atoms with Gasteiger partial charge >= 0.3 is 0 Å². The summed E-state index contributed by atoms with van der Waals surface area (Å²) in [4.78, 5) is 2.35. The Labute approximate surface area is 259 Å². The van der Waals surface area contributed by atoms with E-state index in [1.807, 2.05) is 26.1 Å². The maximum Gasteiger partial charge on any atom is 0.0465 e. The number of hydrogen-bond donors (Lipinski definition) is 1. The summed E-state index contributed by atoms with van der Waals surface area (Å²) in [5, 5.41) is 2.88. The Morgan fingerprint density at radius 1 is 0.690 bits per heavy atom. The molecule has 1 aliphatic rings. The number of nitrogens with one attached hydrogen (secondary N) is 1. The first-order chi connectivity index (χ1) is 20.3. The van der Waals surface area contributed by atoms with Crippen molar-refractivity contribution in [1.82, 2.24) is 5.32 Å². The number of halogens is 1. The molecule has 0 radical (unpaired) electrons. The zero-order chi connectivity index (χ0) is 29.7. The molecule has 210 valence electrons. The molecule has 0 saturated carbocycles. The van der Waals surface area contributed by atoms with Gasteiger partial charge in [-0.25, -0.2) is 0 Å². The lowest BCUT2D eigenvalue weighted by Crippen LogP contribution is -2.16. The molecule has 5 aromatic rings. The van der Waals surface area contributed by atoms with Crippen molar-refractivity contribution in [1.29, 1.82) is 0 Å². The fourth-order valence-corrected chi connectivity index (χ4v) is 5.85. The Balaban J connectivity index is 0.000000451. The van der Waals surface area contributed by atoms with Crippen LogP contribution in [0.1, 0.15) is 31.9 Å². The normalized spacial score (nSPS) is 12.6. The third-order valence-corrected chi connectivity index (χ3v) is 8.36. The van der Waals surface area contributed by atoms with Gasteiger partial charge in [-0.05, 0) is 94.9 Å². The van der Waals surface area contributed by atoms with Crippen LogP contribution in [0, 0.1) is 0 Å². The van der Waals surface area contributed by atoms with Crippen LogP contribution in [0.25, 0.3) is 22.3 Å². The van der Waals surface area contributed by atoms with Crippen LogP contribution in [0.3, 0.4) is 0 Å². The molecule has 0 heterocycles. The van der Waals surface area contributed by atoms with Crippen LogP contribution < -0.4 is 10.2 Å². The smallest absolute Gasteiger partial charge is 0.0465 e. The molecule has 3 heteroatoms. The molecule has 6 rings (SSSR count). The molecule has 1 aliphatic carbocycles. The average Bonchev–Trinajstić information content (AvgIpc) is 3.25. The van der Waals surface area contributed by atoms with Crippen molar-refractivity contribution in [3.05, 3.63) is 161 Å². The lowest BCUT2D eigenvalue weighted by molar-refractivity contribution is 0.660. The van der Waals surface area contributed by atoms with E-state index < -0.39 is 0 Å². The third kappa shape index (κ3) is 5.98. The largest absolute Gasteiger partial charge is 0.389 e. The molecule has 1 N–H and O–H groups in total. The topological polar surface area (TPSA) is 15.3 Å². The number of fused-ring (bicyclic) bond motifs is 3. The molecule has 0 saturated heterocycles. The van der Waals surface area contributed by atoms with Crippen LogP contribution in [0.2, 0.25) is 0 Å². The van der Waals surface area contributed by atoms with Crippen molar-refractivity contribution in [2.24, 2.45) is 0 Å². The Morgan fingerprint density at radius 3 is 1.86 bits per heavy atom. The SMILES string of the molecule is C=C(/C=C\C)NC.CC1(C)c2ccccc2-c2ccc(N(c3ccc(Br)cc3)c3ccc(-c4ccccc4)cc3)cc21. The van der Waals surface area contributed by atoms with E-state index in [0.29, 0.717) is 0 Å². The summed E-state index contributed by atoms with van der Waals surface area (Å²) >= 11 is 3.60. The van der Waals surface area contributed by atoms with E-state index in [1.54, 1.807) is 0 Å². The minimum absolute atomic E-state index is 0.0372. The van der Waals surface area contributed by atoms with E-state index in [-0.39, 0.29) is 5.41 Å². The molecule has 0 amide bonds. The van der Waals surface area contributed by atoms with Gasteiger partial charge < -0.3 is 10.2 Å². The summed E-state index contributed by atoms with van der Waals surface area (Å²) in [6, 6.07) is 43.7. The van der Waals surface area contributed by atoms with Crippen LogP contribution in [0.5, 0.6) is 0 Å². The summed E-state index contributed by atoms with van der Waals surface area (Å²) in [6.07, 6.45) is 3.86. The first-order valence-corrected chi connectivity index (χ1v) is 15.1. The molecular formula is C39H37BrN2. The van der Waals surface area contributed by atoms with Gasteiger partial charge in [0.15, 0.2) is 0 Å². The predicted molar refractivity (Wildman–Crippen MR) is 185 cm³/mol. The van der Waals surface area contributed by atoms with Crippen molar-refractivity contribution < 1.29 is 0 Å². The zero-order valence-electron chi connectivity index (χ0n) is 24.7. The lowest BCUT2D eigenvalue weighted by atomic mass is 9.82. The monoisotopic (exact) mass is 612 g/mol. The van der Waals surface area contributed by atoms with Gasteiger partial charge in [-0.3, -0.25) is 0 Å². The molecule has 0 aliphatic heterocycles. The first-order valence-electron chi connectivity index (χ1n) is 14.3. The van der Waals surface area contributed by atoms with E-state index in [0.717, 1.165) is 21.5 Å². The molecule has 0 atom stereocenters. The Kier molecular flexibility index (Phi) is 8.80. The number of anilines is 3. The molecule has 2 nitrogen and oxygen atoms in total. The summed E-state index contributed by atoms with van der Waals surface area (Å²) in [5.41, 5.74) is 12.3. The van der Waals surface area contributed by atoms with Crippen molar-refractivity contribution in [3.8, 4) is 22.3 Å². The van der Waals surface area contributed by atoms with Gasteiger partial charge in [0.25, 0.3) is 0 Å². The van der Waals surface area contributed by atoms with Gasteiger partial charge in [0.05, 0.1) is 0 Å². The van der Waals surface area contributed by atoms with Gasteiger partial charge in [-0.1, -0.05) is 115 Å². The first kappa shape index (κ1) is 29.2. The highest BCUT2D eigenvalue weighted by atomic mass is 79.9. The van der Waals surface area contributed by atoms with Gasteiger partial charge in [0, 0.05) is 39.7 Å². The van der Waals surface area contributed by atoms with Crippen LogP contribution >= 0.6 is 15.9 Å². The zero-order valence-corrected chi connectivity index (χ0v) is 26.3. The number of likely N-dealkylation sites (N-methyl/N-ethyl adjacent to an activating group) is 1. The van der Waals surface area contributed by atoms with Crippen LogP contribution in [0.15, 0.2) is 150 Å². The van der Waals surface area contributed by atoms with Crippen LogP contribution in [-0.4, -0.2) is 7.05 Å². The number of rotatable bonds is 6. The van der Waals surface area contributed by atoms with E-state index in [1.165, 1.54) is 39.1 Å². The second-order valence-electron chi connectivity index (χ2n) is 10.9. The summed E-state index contributed by atoms with van der Waals surface area (Å²) in [7, 11) is 1.85. The van der Waals surface area contributed by atoms with E-state index in [4.69, 9.17) is 0 Å². The molecule has 5 aromatic carbocycles. The molecule has 0 spiro atoms. The summed E-state index contributed by atoms with van der Waals surface area (Å²) in [6.45, 7) is 10.3. The summed E-state index contributed by atoms with van der Waals surface area (Å²) in [5.74, 6) is 0. The van der Waals surface area contributed by atoms with Gasteiger partial charge in [-0.15, -0.1) is 0 Å². The van der Waals surface area contributed by atoms with Gasteiger partial charge in [0.2, 0.25) is 0 Å². The molecule has 42 heavy (non-hydrogen) atoms. The molecular weight excluding hydrogens is 576 g/mol. The van der Waals surface area contributed by atoms with Crippen molar-refractivity contribution in [2.75, 3.05) is 11.9 Å². The molecule has 0 fully saturated rings. The Morgan fingerprint density at radius 2 is 1.24 bits per heavy atom. The maximum atomic E-state index is 3.66. The van der Waals surface area contributed by atoms with Crippen LogP contribution in [-0.2, 0) is 5.41 Å². The minimum atomic E-state index is -0.0372. The van der Waals surface area contributed by atoms with E-state index >= 15 is 0 Å². The number of nitrogens with zero attached hydrogens (tertiary/aromatic N) is 1. The van der Waals surface area contributed by atoms with E-state index in [2.05, 4.69) is 168 Å². The van der Waals surface area contributed by atoms with E-state index in [9.17, 15) is 0 Å². The number of hydrogen-bond acceptors (Lipinski definition) is 2. The molecule has 0 aromatic heterocycles. The standard InChI is InChI=1S/C33H26BrN.C6H11N/c1-33(2)31-11-7-6-10-29(31)30-21-20-28(22-32(30)33)35(27-18-14-25(34)15-19-27)26-16-12-24(13-17-26)23-8-4-3-5-9-23;1-4-5-6(2)7-3/h3-22H,1-2H3;4-5,7H,2H2,1,3H3/b;5-4-. The second kappa shape index (κ2) is 12.7. The van der Waals surface area contributed by atoms with Crippen molar-refractivity contribution in [2.45, 2.75) is 26.2 Å².